The third-order valence-corrected chi connectivity index (χ3v) is 3.40. The Balaban J connectivity index is 1.93. The third-order valence-electron chi connectivity index (χ3n) is 3.40. The highest BCUT2D eigenvalue weighted by atomic mass is 19.1. The van der Waals surface area contributed by atoms with Crippen LogP contribution in [0.5, 0.6) is 0 Å². The number of ether oxygens (including phenoxy) is 1. The first-order valence-electron chi connectivity index (χ1n) is 7.95. The minimum Gasteiger partial charge on any atom is -0.454 e. The fourth-order valence-electron chi connectivity index (χ4n) is 2.16. The Morgan fingerprint density at radius 1 is 0.962 bits per heavy atom. The summed E-state index contributed by atoms with van der Waals surface area (Å²) in [7, 11) is 0. The zero-order valence-electron chi connectivity index (χ0n) is 14.1. The van der Waals surface area contributed by atoms with Crippen LogP contribution in [0.3, 0.4) is 0 Å². The summed E-state index contributed by atoms with van der Waals surface area (Å²) in [6.07, 6.45) is 1.13. The SMILES string of the molecule is CCCC(=O)Nc1ccc(C(=O)COC(=O)c2cc(F)cc(F)c2)cc1. The third kappa shape index (κ3) is 5.47. The number of hydrogen-bond acceptors (Lipinski definition) is 4. The van der Waals surface area contributed by atoms with Crippen molar-refractivity contribution in [1.29, 1.82) is 0 Å². The molecule has 0 radical (unpaired) electrons. The molecule has 0 atom stereocenters. The predicted octanol–water partition coefficient (Wildman–Crippen LogP) is 3.74. The summed E-state index contributed by atoms with van der Waals surface area (Å²) in [5.41, 5.74) is 0.508. The lowest BCUT2D eigenvalue weighted by molar-refractivity contribution is -0.116. The van der Waals surface area contributed by atoms with Gasteiger partial charge in [0, 0.05) is 23.7 Å². The van der Waals surface area contributed by atoms with Gasteiger partial charge < -0.3 is 10.1 Å². The van der Waals surface area contributed by atoms with Gasteiger partial charge in [-0.1, -0.05) is 6.92 Å². The molecule has 26 heavy (non-hydrogen) atoms. The molecule has 0 aliphatic rings. The Kier molecular flexibility index (Phi) is 6.54. The summed E-state index contributed by atoms with van der Waals surface area (Å²) in [5.74, 6) is -3.43. The molecule has 0 unspecified atom stereocenters. The van der Waals surface area contributed by atoms with Crippen molar-refractivity contribution in [2.24, 2.45) is 0 Å². The van der Waals surface area contributed by atoms with E-state index < -0.39 is 30.0 Å². The van der Waals surface area contributed by atoms with Crippen LogP contribution in [0.15, 0.2) is 42.5 Å². The van der Waals surface area contributed by atoms with Gasteiger partial charge in [0.05, 0.1) is 5.56 Å². The minimum atomic E-state index is -1.000. The second-order valence-corrected chi connectivity index (χ2v) is 5.53. The number of anilines is 1. The minimum absolute atomic E-state index is 0.122. The fraction of sp³-hybridized carbons (Fsp3) is 0.211. The van der Waals surface area contributed by atoms with Crippen LogP contribution in [0.4, 0.5) is 14.5 Å². The molecule has 2 aromatic rings. The van der Waals surface area contributed by atoms with Crippen LogP contribution in [0.2, 0.25) is 0 Å². The van der Waals surface area contributed by atoms with Gasteiger partial charge in [-0.15, -0.1) is 0 Å². The Bertz CT molecular complexity index is 799. The van der Waals surface area contributed by atoms with Gasteiger partial charge in [0.25, 0.3) is 0 Å². The molecule has 0 spiro atoms. The molecule has 0 fully saturated rings. The maximum atomic E-state index is 13.1. The largest absolute Gasteiger partial charge is 0.454 e. The number of nitrogens with one attached hydrogen (secondary N) is 1. The van der Waals surface area contributed by atoms with Crippen molar-refractivity contribution in [1.82, 2.24) is 0 Å². The molecular formula is C19H17F2NO4. The van der Waals surface area contributed by atoms with E-state index in [-0.39, 0.29) is 17.0 Å². The van der Waals surface area contributed by atoms with Crippen LogP contribution in [0, 0.1) is 11.6 Å². The van der Waals surface area contributed by atoms with Crippen LogP contribution < -0.4 is 5.32 Å². The summed E-state index contributed by atoms with van der Waals surface area (Å²) in [5, 5.41) is 2.68. The molecule has 0 aliphatic heterocycles. The molecule has 5 nitrogen and oxygen atoms in total. The van der Waals surface area contributed by atoms with Crippen LogP contribution in [-0.2, 0) is 9.53 Å². The van der Waals surface area contributed by atoms with Crippen LogP contribution in [-0.4, -0.2) is 24.3 Å². The van der Waals surface area contributed by atoms with E-state index in [0.717, 1.165) is 18.6 Å². The van der Waals surface area contributed by atoms with Crippen LogP contribution in [0.25, 0.3) is 0 Å². The molecule has 1 amide bonds. The van der Waals surface area contributed by atoms with Gasteiger partial charge in [-0.25, -0.2) is 13.6 Å². The first-order valence-corrected chi connectivity index (χ1v) is 7.95. The van der Waals surface area contributed by atoms with Crippen molar-refractivity contribution in [2.45, 2.75) is 19.8 Å². The Morgan fingerprint density at radius 3 is 2.15 bits per heavy atom. The summed E-state index contributed by atoms with van der Waals surface area (Å²) >= 11 is 0. The predicted molar refractivity (Wildman–Crippen MR) is 91.0 cm³/mol. The first-order chi connectivity index (χ1) is 12.4. The van der Waals surface area contributed by atoms with Crippen LogP contribution in [0.1, 0.15) is 40.5 Å². The molecule has 0 aliphatic carbocycles. The average Bonchev–Trinajstić information content (AvgIpc) is 2.59. The van der Waals surface area contributed by atoms with Gasteiger partial charge in [0.1, 0.15) is 11.6 Å². The number of rotatable bonds is 7. The van der Waals surface area contributed by atoms with E-state index >= 15 is 0 Å². The maximum Gasteiger partial charge on any atom is 0.338 e. The molecular weight excluding hydrogens is 344 g/mol. The van der Waals surface area contributed by atoms with Crippen molar-refractivity contribution in [3.8, 4) is 0 Å². The number of amides is 1. The van der Waals surface area contributed by atoms with Gasteiger partial charge in [-0.05, 0) is 42.8 Å². The summed E-state index contributed by atoms with van der Waals surface area (Å²) in [6.45, 7) is 1.32. The number of carbonyl (C=O) groups excluding carboxylic acids is 3. The quantitative estimate of drug-likeness (QED) is 0.602. The summed E-state index contributed by atoms with van der Waals surface area (Å²) in [6, 6.07) is 8.37. The molecule has 136 valence electrons. The fourth-order valence-corrected chi connectivity index (χ4v) is 2.16. The monoisotopic (exact) mass is 361 g/mol. The van der Waals surface area contributed by atoms with Gasteiger partial charge >= 0.3 is 5.97 Å². The second-order valence-electron chi connectivity index (χ2n) is 5.53. The molecule has 0 bridgehead atoms. The zero-order chi connectivity index (χ0) is 19.1. The normalized spacial score (nSPS) is 10.3. The number of carbonyl (C=O) groups is 3. The van der Waals surface area contributed by atoms with E-state index in [1.54, 1.807) is 12.1 Å². The van der Waals surface area contributed by atoms with Crippen molar-refractivity contribution < 1.29 is 27.9 Å². The van der Waals surface area contributed by atoms with E-state index in [2.05, 4.69) is 5.32 Å². The lowest BCUT2D eigenvalue weighted by atomic mass is 10.1. The van der Waals surface area contributed by atoms with Crippen molar-refractivity contribution in [2.75, 3.05) is 11.9 Å². The number of hydrogen-bond donors (Lipinski definition) is 1. The Hall–Kier alpha value is -3.09. The highest BCUT2D eigenvalue weighted by Gasteiger charge is 2.14. The highest BCUT2D eigenvalue weighted by Crippen LogP contribution is 2.12. The van der Waals surface area contributed by atoms with E-state index in [1.165, 1.54) is 12.1 Å². The highest BCUT2D eigenvalue weighted by molar-refractivity contribution is 6.00. The standard InChI is InChI=1S/C19H17F2NO4/c1-2-3-18(24)22-16-6-4-12(5-7-16)17(23)11-26-19(25)13-8-14(20)10-15(21)9-13/h4-10H,2-3,11H2,1H3,(H,22,24). The van der Waals surface area contributed by atoms with Gasteiger partial charge in [-0.2, -0.15) is 0 Å². The van der Waals surface area contributed by atoms with E-state index in [0.29, 0.717) is 18.2 Å². The van der Waals surface area contributed by atoms with Crippen LogP contribution >= 0.6 is 0 Å². The molecule has 1 N–H and O–H groups in total. The van der Waals surface area contributed by atoms with Crippen molar-refractivity contribution in [3.05, 3.63) is 65.2 Å². The Morgan fingerprint density at radius 2 is 1.58 bits per heavy atom. The smallest absolute Gasteiger partial charge is 0.338 e. The Labute approximate surface area is 149 Å². The van der Waals surface area contributed by atoms with Gasteiger partial charge in [0.15, 0.2) is 12.4 Å². The summed E-state index contributed by atoms with van der Waals surface area (Å²) in [4.78, 5) is 35.3. The van der Waals surface area contributed by atoms with E-state index in [9.17, 15) is 23.2 Å². The average molecular weight is 361 g/mol. The molecule has 0 saturated carbocycles. The molecule has 0 aromatic heterocycles. The maximum absolute atomic E-state index is 13.1. The topological polar surface area (TPSA) is 72.5 Å². The number of ketones is 1. The first kappa shape index (κ1) is 19.2. The number of halogens is 2. The van der Waals surface area contributed by atoms with Gasteiger partial charge in [0.2, 0.25) is 5.91 Å². The zero-order valence-corrected chi connectivity index (χ0v) is 14.1. The molecule has 0 heterocycles. The van der Waals surface area contributed by atoms with Gasteiger partial charge in [-0.3, -0.25) is 9.59 Å². The second kappa shape index (κ2) is 8.84. The number of esters is 1. The van der Waals surface area contributed by atoms with E-state index in [1.807, 2.05) is 6.92 Å². The molecule has 2 aromatic carbocycles. The molecule has 0 saturated heterocycles. The number of Topliss-reactive ketones (excluding diaryl/α,β-unsaturated/α-hetero) is 1. The molecule has 2 rings (SSSR count). The lowest BCUT2D eigenvalue weighted by Gasteiger charge is -2.07. The van der Waals surface area contributed by atoms with Crippen molar-refractivity contribution in [3.63, 3.8) is 0 Å². The molecule has 7 heteroatoms. The number of benzene rings is 2. The van der Waals surface area contributed by atoms with Crippen molar-refractivity contribution >= 4 is 23.3 Å². The lowest BCUT2D eigenvalue weighted by Crippen LogP contribution is -2.15. The van der Waals surface area contributed by atoms with E-state index in [4.69, 9.17) is 4.74 Å². The summed E-state index contributed by atoms with van der Waals surface area (Å²) < 4.78 is 31.0.